The van der Waals surface area contributed by atoms with Gasteiger partial charge in [0.05, 0.1) is 30.2 Å². The van der Waals surface area contributed by atoms with Crippen molar-refractivity contribution in [1.29, 1.82) is 0 Å². The van der Waals surface area contributed by atoms with Crippen molar-refractivity contribution < 1.29 is 31.1 Å². The lowest BCUT2D eigenvalue weighted by Gasteiger charge is -2.12. The molecule has 0 amide bonds. The van der Waals surface area contributed by atoms with Gasteiger partial charge in [-0.3, -0.25) is 0 Å². The number of alkyl halides is 6. The fraction of sp³-hybridized carbons (Fsp3) is 0.200. The maximum absolute atomic E-state index is 13.2. The summed E-state index contributed by atoms with van der Waals surface area (Å²) in [5, 5.41) is 0. The number of hydrogen-bond acceptors (Lipinski definition) is 3. The Labute approximate surface area is 162 Å². The van der Waals surface area contributed by atoms with Crippen LogP contribution >= 0.6 is 0 Å². The maximum Gasteiger partial charge on any atom is 0.451 e. The second-order valence-electron chi connectivity index (χ2n) is 6.12. The highest BCUT2D eigenvalue weighted by atomic mass is 19.4. The summed E-state index contributed by atoms with van der Waals surface area (Å²) in [5.74, 6) is -1.38. The third kappa shape index (κ3) is 5.54. The quantitative estimate of drug-likeness (QED) is 0.490. The van der Waals surface area contributed by atoms with E-state index in [-0.39, 0.29) is 30.2 Å². The first kappa shape index (κ1) is 20.8. The van der Waals surface area contributed by atoms with Crippen LogP contribution in [0.15, 0.2) is 60.7 Å². The maximum atomic E-state index is 13.2. The molecule has 0 saturated carbocycles. The van der Waals surface area contributed by atoms with Crippen LogP contribution in [0.3, 0.4) is 0 Å². The van der Waals surface area contributed by atoms with E-state index in [0.717, 1.165) is 29.8 Å². The minimum Gasteiger partial charge on any atom is -0.370 e. The molecular weight excluding hydrogens is 398 g/mol. The molecule has 0 atom stereocenters. The Bertz CT molecular complexity index is 953. The zero-order valence-electron chi connectivity index (χ0n) is 14.8. The van der Waals surface area contributed by atoms with Gasteiger partial charge in [-0.05, 0) is 23.8 Å². The van der Waals surface area contributed by atoms with Crippen LogP contribution in [0.1, 0.15) is 22.6 Å². The van der Waals surface area contributed by atoms with Crippen LogP contribution in [0.5, 0.6) is 0 Å². The van der Waals surface area contributed by atoms with Crippen LogP contribution in [0, 0.1) is 0 Å². The van der Waals surface area contributed by atoms with Gasteiger partial charge in [0.15, 0.2) is 0 Å². The van der Waals surface area contributed by atoms with Gasteiger partial charge < -0.3 is 4.74 Å². The highest BCUT2D eigenvalue weighted by Gasteiger charge is 2.35. The number of hydrogen-bond donors (Lipinski definition) is 0. The molecule has 1 aromatic heterocycles. The van der Waals surface area contributed by atoms with Gasteiger partial charge in [0.1, 0.15) is 0 Å². The molecule has 0 spiro atoms. The molecule has 0 N–H and O–H groups in total. The molecule has 0 saturated heterocycles. The molecule has 9 heteroatoms. The van der Waals surface area contributed by atoms with Crippen molar-refractivity contribution in [2.24, 2.45) is 0 Å². The summed E-state index contributed by atoms with van der Waals surface area (Å²) < 4.78 is 83.0. The predicted octanol–water partition coefficient (Wildman–Crippen LogP) is 5.90. The van der Waals surface area contributed by atoms with Crippen LogP contribution in [0.4, 0.5) is 26.3 Å². The Kier molecular flexibility index (Phi) is 5.88. The van der Waals surface area contributed by atoms with Crippen molar-refractivity contribution in [3.8, 4) is 11.3 Å². The fourth-order valence-corrected chi connectivity index (χ4v) is 2.52. The number of benzene rings is 2. The zero-order valence-corrected chi connectivity index (χ0v) is 14.8. The van der Waals surface area contributed by atoms with Crippen LogP contribution in [0.2, 0.25) is 0 Å². The molecule has 3 aromatic rings. The third-order valence-electron chi connectivity index (χ3n) is 3.90. The molecule has 3 nitrogen and oxygen atoms in total. The smallest absolute Gasteiger partial charge is 0.370 e. The average molecular weight is 412 g/mol. The lowest BCUT2D eigenvalue weighted by atomic mass is 10.1. The average Bonchev–Trinajstić information content (AvgIpc) is 2.67. The lowest BCUT2D eigenvalue weighted by molar-refractivity contribution is -0.145. The Morgan fingerprint density at radius 1 is 0.724 bits per heavy atom. The van der Waals surface area contributed by atoms with E-state index < -0.39 is 23.7 Å². The fourth-order valence-electron chi connectivity index (χ4n) is 2.52. The van der Waals surface area contributed by atoms with Gasteiger partial charge >= 0.3 is 12.4 Å². The van der Waals surface area contributed by atoms with Crippen molar-refractivity contribution in [3.05, 3.63) is 83.3 Å². The SMILES string of the molecule is FC(F)(F)c1ccc(-c2cc(COCc3ccccc3)nc(C(F)(F)F)n2)cc1. The molecular formula is C20H14F6N2O. The summed E-state index contributed by atoms with van der Waals surface area (Å²) in [6, 6.07) is 14.0. The molecule has 0 fully saturated rings. The first-order valence-electron chi connectivity index (χ1n) is 8.37. The Hall–Kier alpha value is -2.94. The Morgan fingerprint density at radius 3 is 1.97 bits per heavy atom. The number of ether oxygens (including phenoxy) is 1. The number of aromatic nitrogens is 2. The molecule has 0 unspecified atom stereocenters. The van der Waals surface area contributed by atoms with Gasteiger partial charge in [-0.2, -0.15) is 26.3 Å². The van der Waals surface area contributed by atoms with Crippen molar-refractivity contribution in [3.63, 3.8) is 0 Å². The van der Waals surface area contributed by atoms with E-state index in [0.29, 0.717) is 0 Å². The molecule has 0 aliphatic heterocycles. The van der Waals surface area contributed by atoms with Gasteiger partial charge in [-0.25, -0.2) is 9.97 Å². The van der Waals surface area contributed by atoms with Crippen molar-refractivity contribution in [2.45, 2.75) is 25.6 Å². The lowest BCUT2D eigenvalue weighted by Crippen LogP contribution is -2.14. The number of rotatable bonds is 5. The van der Waals surface area contributed by atoms with E-state index >= 15 is 0 Å². The molecule has 152 valence electrons. The van der Waals surface area contributed by atoms with Crippen LogP contribution in [-0.2, 0) is 30.3 Å². The third-order valence-corrected chi connectivity index (χ3v) is 3.90. The largest absolute Gasteiger partial charge is 0.451 e. The highest BCUT2D eigenvalue weighted by molar-refractivity contribution is 5.60. The molecule has 0 radical (unpaired) electrons. The molecule has 2 aromatic carbocycles. The van der Waals surface area contributed by atoms with Crippen molar-refractivity contribution in [1.82, 2.24) is 9.97 Å². The van der Waals surface area contributed by atoms with E-state index in [4.69, 9.17) is 4.74 Å². The molecule has 1 heterocycles. The standard InChI is InChI=1S/C20H14F6N2O/c21-19(22,23)15-8-6-14(7-9-15)17-10-16(27-18(28-17)20(24,25)26)12-29-11-13-4-2-1-3-5-13/h1-10H,11-12H2. The van der Waals surface area contributed by atoms with Crippen molar-refractivity contribution >= 4 is 0 Å². The van der Waals surface area contributed by atoms with E-state index in [1.807, 2.05) is 6.07 Å². The zero-order chi connectivity index (χ0) is 21.1. The van der Waals surface area contributed by atoms with Crippen LogP contribution in [0.25, 0.3) is 11.3 Å². The molecule has 3 rings (SSSR count). The van der Waals surface area contributed by atoms with E-state index in [9.17, 15) is 26.3 Å². The summed E-state index contributed by atoms with van der Waals surface area (Å²) in [6.07, 6.45) is -9.35. The van der Waals surface area contributed by atoms with Crippen LogP contribution < -0.4 is 0 Å². The van der Waals surface area contributed by atoms with Gasteiger partial charge in [-0.1, -0.05) is 42.5 Å². The highest BCUT2D eigenvalue weighted by Crippen LogP contribution is 2.32. The summed E-state index contributed by atoms with van der Waals surface area (Å²) in [7, 11) is 0. The predicted molar refractivity (Wildman–Crippen MR) is 92.4 cm³/mol. The molecule has 0 aliphatic rings. The first-order valence-corrected chi connectivity index (χ1v) is 8.37. The molecule has 0 bridgehead atoms. The normalized spacial score (nSPS) is 12.2. The summed E-state index contributed by atoms with van der Waals surface area (Å²) in [5.41, 5.74) is -0.133. The first-order chi connectivity index (χ1) is 13.6. The molecule has 0 aliphatic carbocycles. The Morgan fingerprint density at radius 2 is 1.38 bits per heavy atom. The summed E-state index contributed by atoms with van der Waals surface area (Å²) >= 11 is 0. The number of halogens is 6. The number of nitrogens with zero attached hydrogens (tertiary/aromatic N) is 2. The van der Waals surface area contributed by atoms with E-state index in [1.54, 1.807) is 24.3 Å². The van der Waals surface area contributed by atoms with Crippen LogP contribution in [-0.4, -0.2) is 9.97 Å². The van der Waals surface area contributed by atoms with E-state index in [1.165, 1.54) is 6.07 Å². The monoisotopic (exact) mass is 412 g/mol. The minimum atomic E-state index is -4.81. The van der Waals surface area contributed by atoms with Gasteiger partial charge in [0.2, 0.25) is 5.82 Å². The summed E-state index contributed by atoms with van der Waals surface area (Å²) in [4.78, 5) is 6.94. The summed E-state index contributed by atoms with van der Waals surface area (Å²) in [6.45, 7) is -0.0457. The van der Waals surface area contributed by atoms with Gasteiger partial charge in [0.25, 0.3) is 0 Å². The van der Waals surface area contributed by atoms with E-state index in [2.05, 4.69) is 9.97 Å². The second kappa shape index (κ2) is 8.20. The van der Waals surface area contributed by atoms with Gasteiger partial charge in [0, 0.05) is 5.56 Å². The van der Waals surface area contributed by atoms with Gasteiger partial charge in [-0.15, -0.1) is 0 Å². The minimum absolute atomic E-state index is 0.0295. The topological polar surface area (TPSA) is 35.0 Å². The second-order valence-corrected chi connectivity index (χ2v) is 6.12. The van der Waals surface area contributed by atoms with Crippen molar-refractivity contribution in [2.75, 3.05) is 0 Å². The Balaban J connectivity index is 1.85. The molecule has 29 heavy (non-hydrogen) atoms.